The van der Waals surface area contributed by atoms with Crippen LogP contribution in [0.25, 0.3) is 0 Å². The molecule has 5 rings (SSSR count). The van der Waals surface area contributed by atoms with Crippen LogP contribution in [0.1, 0.15) is 32.1 Å². The van der Waals surface area contributed by atoms with Crippen LogP contribution in [-0.2, 0) is 29.1 Å². The van der Waals surface area contributed by atoms with Crippen LogP contribution in [0.15, 0.2) is 0 Å². The highest BCUT2D eigenvalue weighted by molar-refractivity contribution is 7.91. The van der Waals surface area contributed by atoms with Gasteiger partial charge < -0.3 is 16.2 Å². The van der Waals surface area contributed by atoms with Crippen LogP contribution in [-0.4, -0.2) is 43.6 Å². The van der Waals surface area contributed by atoms with E-state index in [1.165, 1.54) is 0 Å². The lowest BCUT2D eigenvalue weighted by Crippen LogP contribution is -2.44. The number of fused-ring (bicyclic) bond motifs is 7. The van der Waals surface area contributed by atoms with E-state index in [1.807, 2.05) is 0 Å². The summed E-state index contributed by atoms with van der Waals surface area (Å²) in [5.41, 5.74) is 10.4. The number of nitrogens with two attached hydrogens (primary N) is 2. The third kappa shape index (κ3) is 2.53. The van der Waals surface area contributed by atoms with Gasteiger partial charge in [-0.1, -0.05) is 0 Å². The van der Waals surface area contributed by atoms with Crippen molar-refractivity contribution in [2.75, 3.05) is 0 Å². The predicted octanol–water partition coefficient (Wildman–Crippen LogP) is -1.39. The standard InChI is InChI=1S/C8H12N2O3.C8H11NO3S/c9-7(11)5-3-1-2-4(13-3)6(5)8(10)12;10-8-6-4-1-2-5(3-4)7(6)13(11,12)9-8/h3-6H,1-2H2,(H2,9,11)(H2,10,12);4-7H,1-3H2,(H,9,10). The molecule has 8 unspecified atom stereocenters. The van der Waals surface area contributed by atoms with Gasteiger partial charge >= 0.3 is 0 Å². The highest BCUT2D eigenvalue weighted by Crippen LogP contribution is 2.53. The molecule has 0 aromatic rings. The Kier molecular flexibility index (Phi) is 4.03. The van der Waals surface area contributed by atoms with Crippen LogP contribution in [0.2, 0.25) is 0 Å². The Balaban J connectivity index is 0.000000129. The molecule has 0 aromatic heterocycles. The third-order valence-corrected chi connectivity index (χ3v) is 8.55. The second kappa shape index (κ2) is 5.91. The van der Waals surface area contributed by atoms with Gasteiger partial charge in [-0.25, -0.2) is 8.42 Å². The molecule has 0 spiro atoms. The molecule has 3 saturated heterocycles. The van der Waals surface area contributed by atoms with Crippen LogP contribution in [0.4, 0.5) is 0 Å². The van der Waals surface area contributed by atoms with Gasteiger partial charge in [-0.2, -0.15) is 0 Å². The van der Waals surface area contributed by atoms with Gasteiger partial charge in [0.1, 0.15) is 0 Å². The molecule has 5 fully saturated rings. The van der Waals surface area contributed by atoms with Gasteiger partial charge in [0.15, 0.2) is 0 Å². The first-order chi connectivity index (χ1) is 12.2. The smallest absolute Gasteiger partial charge is 0.238 e. The Morgan fingerprint density at radius 1 is 0.962 bits per heavy atom. The second-order valence-electron chi connectivity index (χ2n) is 7.98. The first kappa shape index (κ1) is 17.7. The van der Waals surface area contributed by atoms with Crippen molar-refractivity contribution in [1.29, 1.82) is 0 Å². The fourth-order valence-electron chi connectivity index (χ4n) is 5.73. The van der Waals surface area contributed by atoms with Crippen LogP contribution >= 0.6 is 0 Å². The number of nitrogens with one attached hydrogen (secondary N) is 1. The minimum absolute atomic E-state index is 0.181. The number of sulfonamides is 1. The summed E-state index contributed by atoms with van der Waals surface area (Å²) in [5.74, 6) is -1.84. The van der Waals surface area contributed by atoms with Crippen LogP contribution in [0.5, 0.6) is 0 Å². The second-order valence-corrected chi connectivity index (χ2v) is 9.82. The van der Waals surface area contributed by atoms with E-state index >= 15 is 0 Å². The maximum absolute atomic E-state index is 11.5. The van der Waals surface area contributed by atoms with Gasteiger partial charge in [0.2, 0.25) is 27.7 Å². The number of carbonyl (C=O) groups excluding carboxylic acids is 3. The van der Waals surface area contributed by atoms with E-state index in [1.54, 1.807) is 0 Å². The average molecular weight is 385 g/mol. The highest BCUT2D eigenvalue weighted by Gasteiger charge is 2.60. The lowest BCUT2D eigenvalue weighted by Gasteiger charge is -2.22. The van der Waals surface area contributed by atoms with Crippen molar-refractivity contribution in [3.05, 3.63) is 0 Å². The summed E-state index contributed by atoms with van der Waals surface area (Å²) in [6, 6.07) is 0. The summed E-state index contributed by atoms with van der Waals surface area (Å²) in [5, 5.41) is -0.390. The van der Waals surface area contributed by atoms with Gasteiger partial charge in [0.05, 0.1) is 35.2 Å². The van der Waals surface area contributed by atoms with Crippen molar-refractivity contribution >= 4 is 27.7 Å². The SMILES string of the molecule is NC(=O)C1C2CCC(O2)C1C(N)=O.O=C1NS(=O)(=O)C2C3CCC(C3)C12. The maximum Gasteiger partial charge on any atom is 0.238 e. The van der Waals surface area contributed by atoms with Gasteiger partial charge in [0.25, 0.3) is 0 Å². The van der Waals surface area contributed by atoms with Gasteiger partial charge in [-0.15, -0.1) is 0 Å². The molecular formula is C16H23N3O6S. The fourth-order valence-corrected chi connectivity index (χ4v) is 7.76. The minimum Gasteiger partial charge on any atom is -0.373 e. The first-order valence-electron chi connectivity index (χ1n) is 9.00. The summed E-state index contributed by atoms with van der Waals surface area (Å²) in [6.07, 6.45) is 4.22. The Morgan fingerprint density at radius 2 is 1.50 bits per heavy atom. The lowest BCUT2D eigenvalue weighted by atomic mass is 9.78. The molecule has 3 aliphatic heterocycles. The zero-order chi connectivity index (χ0) is 18.8. The lowest BCUT2D eigenvalue weighted by molar-refractivity contribution is -0.131. The molecule has 5 aliphatic rings. The number of amides is 3. The van der Waals surface area contributed by atoms with Crippen LogP contribution in [0, 0.1) is 29.6 Å². The van der Waals surface area contributed by atoms with Crippen molar-refractivity contribution in [3.63, 3.8) is 0 Å². The Morgan fingerprint density at radius 3 is 2.00 bits per heavy atom. The number of primary amides is 2. The Hall–Kier alpha value is -1.68. The number of carbonyl (C=O) groups is 3. The summed E-state index contributed by atoms with van der Waals surface area (Å²) >= 11 is 0. The number of hydrogen-bond acceptors (Lipinski definition) is 6. The van der Waals surface area contributed by atoms with E-state index in [0.717, 1.165) is 32.1 Å². The van der Waals surface area contributed by atoms with Crippen LogP contribution < -0.4 is 16.2 Å². The molecule has 2 saturated carbocycles. The highest BCUT2D eigenvalue weighted by atomic mass is 32.2. The average Bonchev–Trinajstić information content (AvgIpc) is 3.32. The molecule has 26 heavy (non-hydrogen) atoms. The van der Waals surface area contributed by atoms with E-state index in [-0.39, 0.29) is 30.0 Å². The molecule has 3 amide bonds. The fraction of sp³-hybridized carbons (Fsp3) is 0.812. The molecule has 4 bridgehead atoms. The van der Waals surface area contributed by atoms with Crippen molar-refractivity contribution in [2.24, 2.45) is 41.1 Å². The van der Waals surface area contributed by atoms with E-state index in [9.17, 15) is 22.8 Å². The van der Waals surface area contributed by atoms with E-state index in [0.29, 0.717) is 5.92 Å². The van der Waals surface area contributed by atoms with Crippen molar-refractivity contribution in [3.8, 4) is 0 Å². The van der Waals surface area contributed by atoms with E-state index in [4.69, 9.17) is 16.2 Å². The van der Waals surface area contributed by atoms with E-state index < -0.39 is 38.9 Å². The monoisotopic (exact) mass is 385 g/mol. The zero-order valence-electron chi connectivity index (χ0n) is 14.2. The minimum atomic E-state index is -3.30. The molecule has 3 heterocycles. The number of ether oxygens (including phenoxy) is 1. The number of hydrogen-bond donors (Lipinski definition) is 3. The van der Waals surface area contributed by atoms with Crippen molar-refractivity contribution < 1.29 is 27.5 Å². The zero-order valence-corrected chi connectivity index (χ0v) is 15.0. The quantitative estimate of drug-likeness (QED) is 0.531. The molecule has 9 nitrogen and oxygen atoms in total. The molecule has 144 valence electrons. The van der Waals surface area contributed by atoms with Crippen LogP contribution in [0.3, 0.4) is 0 Å². The van der Waals surface area contributed by atoms with Gasteiger partial charge in [-0.05, 0) is 43.9 Å². The molecule has 2 aliphatic carbocycles. The number of rotatable bonds is 2. The third-order valence-electron chi connectivity index (χ3n) is 6.67. The van der Waals surface area contributed by atoms with Crippen molar-refractivity contribution in [2.45, 2.75) is 49.6 Å². The predicted molar refractivity (Wildman–Crippen MR) is 88.4 cm³/mol. The molecule has 0 aromatic carbocycles. The van der Waals surface area contributed by atoms with E-state index in [2.05, 4.69) is 4.72 Å². The van der Waals surface area contributed by atoms with Crippen molar-refractivity contribution in [1.82, 2.24) is 4.72 Å². The largest absolute Gasteiger partial charge is 0.373 e. The summed E-state index contributed by atoms with van der Waals surface area (Å²) in [6.45, 7) is 0. The Labute approximate surface area is 151 Å². The molecule has 0 radical (unpaired) electrons. The Bertz CT molecular complexity index is 742. The molecular weight excluding hydrogens is 362 g/mol. The topological polar surface area (TPSA) is 159 Å². The molecule has 5 N–H and O–H groups in total. The summed E-state index contributed by atoms with van der Waals surface area (Å²) in [4.78, 5) is 33.5. The summed E-state index contributed by atoms with van der Waals surface area (Å²) < 4.78 is 30.6. The maximum atomic E-state index is 11.5. The first-order valence-corrected chi connectivity index (χ1v) is 10.5. The normalized spacial score (nSPS) is 46.4. The molecule has 10 heteroatoms. The van der Waals surface area contributed by atoms with Gasteiger partial charge in [0, 0.05) is 0 Å². The van der Waals surface area contributed by atoms with Gasteiger partial charge in [-0.3, -0.25) is 19.1 Å². The molecule has 8 atom stereocenters. The summed E-state index contributed by atoms with van der Waals surface area (Å²) in [7, 11) is -3.30.